The molecule has 2 nitrogen and oxygen atoms in total. The average molecular weight is 266 g/mol. The summed E-state index contributed by atoms with van der Waals surface area (Å²) in [6, 6.07) is 1.17. The molecule has 0 radical (unpaired) electrons. The van der Waals surface area contributed by atoms with Crippen LogP contribution in [0.1, 0.15) is 18.3 Å². The number of halogens is 3. The number of rotatable bonds is 2. The molecule has 0 N–H and O–H groups in total. The van der Waals surface area contributed by atoms with Crippen LogP contribution < -0.4 is 56.8 Å². The molecule has 0 bridgehead atoms. The van der Waals surface area contributed by atoms with Crippen molar-refractivity contribution in [3.8, 4) is 0 Å². The quantitative estimate of drug-likeness (QED) is 0.655. The van der Waals surface area contributed by atoms with E-state index in [0.717, 1.165) is 11.9 Å². The number of aromatic nitrogens is 2. The maximum atomic E-state index is 12.6. The Hall–Kier alpha value is 0.181. The van der Waals surface area contributed by atoms with Crippen molar-refractivity contribution in [3.63, 3.8) is 0 Å². The first kappa shape index (κ1) is 15.2. The molecule has 7 heteroatoms. The first-order valence-corrected chi connectivity index (χ1v) is 5.10. The SMILES string of the molecule is CCc1nc(C)cn2cc([B-](F)(F)F)cc12.[K+]. The van der Waals surface area contributed by atoms with Gasteiger partial charge in [-0.3, -0.25) is 4.98 Å². The Labute approximate surface area is 140 Å². The zero-order valence-corrected chi connectivity index (χ0v) is 13.2. The van der Waals surface area contributed by atoms with Gasteiger partial charge in [0.05, 0.1) is 16.9 Å². The van der Waals surface area contributed by atoms with E-state index in [0.29, 0.717) is 17.6 Å². The molecule has 0 amide bonds. The van der Waals surface area contributed by atoms with Crippen molar-refractivity contribution in [1.29, 1.82) is 0 Å². The molecule has 86 valence electrons. The van der Waals surface area contributed by atoms with Crippen LogP contribution >= 0.6 is 0 Å². The molecule has 0 aromatic carbocycles. The summed E-state index contributed by atoms with van der Waals surface area (Å²) in [4.78, 5) is 4.23. The minimum Gasteiger partial charge on any atom is -0.445 e. The van der Waals surface area contributed by atoms with Crippen LogP contribution in [0.2, 0.25) is 0 Å². The summed E-state index contributed by atoms with van der Waals surface area (Å²) >= 11 is 0. The number of aryl methyl sites for hydroxylation is 2. The van der Waals surface area contributed by atoms with Crippen LogP contribution in [0.25, 0.3) is 5.52 Å². The molecule has 2 aromatic heterocycles. The fourth-order valence-electron chi connectivity index (χ4n) is 1.78. The van der Waals surface area contributed by atoms with Gasteiger partial charge in [-0.2, -0.15) is 0 Å². The van der Waals surface area contributed by atoms with E-state index in [9.17, 15) is 12.9 Å². The van der Waals surface area contributed by atoms with Gasteiger partial charge < -0.3 is 17.3 Å². The number of hydrogen-bond donors (Lipinski definition) is 0. The molecule has 0 spiro atoms. The Kier molecular flexibility index (Phi) is 4.88. The molecule has 0 fully saturated rings. The van der Waals surface area contributed by atoms with Gasteiger partial charge in [-0.05, 0) is 19.5 Å². The topological polar surface area (TPSA) is 17.3 Å². The third kappa shape index (κ3) is 3.14. The van der Waals surface area contributed by atoms with Gasteiger partial charge in [0.25, 0.3) is 0 Å². The molecule has 2 heterocycles. The van der Waals surface area contributed by atoms with Crippen molar-refractivity contribution in [2.75, 3.05) is 0 Å². The van der Waals surface area contributed by atoms with Gasteiger partial charge in [0, 0.05) is 6.20 Å². The molecule has 0 unspecified atom stereocenters. The predicted octanol–water partition coefficient (Wildman–Crippen LogP) is -0.736. The Balaban J connectivity index is 0.00000144. The summed E-state index contributed by atoms with van der Waals surface area (Å²) < 4.78 is 39.3. The summed E-state index contributed by atoms with van der Waals surface area (Å²) in [5.41, 5.74) is 1.40. The van der Waals surface area contributed by atoms with Gasteiger partial charge in [0.1, 0.15) is 0 Å². The Morgan fingerprint density at radius 3 is 2.47 bits per heavy atom. The van der Waals surface area contributed by atoms with Crippen LogP contribution in [0.4, 0.5) is 12.9 Å². The zero-order chi connectivity index (χ0) is 11.9. The van der Waals surface area contributed by atoms with E-state index < -0.39 is 12.4 Å². The number of nitrogens with zero attached hydrogens (tertiary/aromatic N) is 2. The first-order chi connectivity index (χ1) is 7.41. The molecule has 17 heavy (non-hydrogen) atoms. The van der Waals surface area contributed by atoms with Gasteiger partial charge in [-0.25, -0.2) is 0 Å². The van der Waals surface area contributed by atoms with E-state index in [1.54, 1.807) is 13.1 Å². The third-order valence-electron chi connectivity index (χ3n) is 2.52. The smallest absolute Gasteiger partial charge is 0.445 e. The van der Waals surface area contributed by atoms with Gasteiger partial charge >= 0.3 is 58.4 Å². The molecule has 2 aromatic rings. The van der Waals surface area contributed by atoms with Crippen LogP contribution in [-0.4, -0.2) is 16.4 Å². The van der Waals surface area contributed by atoms with E-state index in [1.807, 2.05) is 6.92 Å². The van der Waals surface area contributed by atoms with E-state index in [4.69, 9.17) is 0 Å². The van der Waals surface area contributed by atoms with E-state index >= 15 is 0 Å². The van der Waals surface area contributed by atoms with E-state index in [2.05, 4.69) is 4.98 Å². The third-order valence-corrected chi connectivity index (χ3v) is 2.52. The second kappa shape index (κ2) is 5.44. The van der Waals surface area contributed by atoms with Crippen molar-refractivity contribution in [3.05, 3.63) is 29.8 Å². The van der Waals surface area contributed by atoms with Crippen molar-refractivity contribution >= 4 is 18.0 Å². The van der Waals surface area contributed by atoms with Crippen LogP contribution in [-0.2, 0) is 6.42 Å². The van der Waals surface area contributed by atoms with Crippen LogP contribution in [0.15, 0.2) is 18.5 Å². The van der Waals surface area contributed by atoms with Crippen LogP contribution in [0.5, 0.6) is 0 Å². The zero-order valence-electron chi connectivity index (χ0n) is 10.0. The van der Waals surface area contributed by atoms with Gasteiger partial charge in [-0.15, -0.1) is 0 Å². The minimum atomic E-state index is -4.94. The van der Waals surface area contributed by atoms with Crippen molar-refractivity contribution in [2.45, 2.75) is 20.3 Å². The molecule has 0 atom stereocenters. The molecule has 0 saturated carbocycles. The largest absolute Gasteiger partial charge is 1.00 e. The molecule has 0 aliphatic rings. The maximum Gasteiger partial charge on any atom is 1.00 e. The molecule has 0 saturated heterocycles. The summed E-state index contributed by atoms with van der Waals surface area (Å²) in [7, 11) is 0. The van der Waals surface area contributed by atoms with Crippen molar-refractivity contribution < 1.29 is 64.3 Å². The van der Waals surface area contributed by atoms with E-state index in [1.165, 1.54) is 10.5 Å². The Bertz CT molecular complexity index is 536. The molecular weight excluding hydrogens is 255 g/mol. The summed E-state index contributed by atoms with van der Waals surface area (Å²) in [5, 5.41) is 0. The van der Waals surface area contributed by atoms with Crippen molar-refractivity contribution in [1.82, 2.24) is 9.38 Å². The molecular formula is C10H11BF3KN2. The fraction of sp³-hybridized carbons (Fsp3) is 0.300. The normalized spacial score (nSPS) is 11.6. The molecule has 0 aliphatic heterocycles. The van der Waals surface area contributed by atoms with Gasteiger partial charge in [0.2, 0.25) is 0 Å². The number of fused-ring (bicyclic) bond motifs is 1. The van der Waals surface area contributed by atoms with Gasteiger partial charge in [0.15, 0.2) is 0 Å². The molecule has 2 rings (SSSR count). The second-order valence-corrected chi connectivity index (χ2v) is 3.82. The Morgan fingerprint density at radius 1 is 1.29 bits per heavy atom. The van der Waals surface area contributed by atoms with Crippen molar-refractivity contribution in [2.24, 2.45) is 0 Å². The Morgan fingerprint density at radius 2 is 1.94 bits per heavy atom. The summed E-state index contributed by atoms with van der Waals surface area (Å²) in [6.07, 6.45) is 3.36. The first-order valence-electron chi connectivity index (χ1n) is 5.10. The van der Waals surface area contributed by atoms with E-state index in [-0.39, 0.29) is 51.4 Å². The summed E-state index contributed by atoms with van der Waals surface area (Å²) in [6.45, 7) is -1.28. The van der Waals surface area contributed by atoms with Crippen LogP contribution in [0, 0.1) is 6.92 Å². The number of hydrogen-bond acceptors (Lipinski definition) is 1. The monoisotopic (exact) mass is 266 g/mol. The van der Waals surface area contributed by atoms with Gasteiger partial charge in [-0.1, -0.05) is 18.5 Å². The second-order valence-electron chi connectivity index (χ2n) is 3.82. The molecule has 0 aliphatic carbocycles. The summed E-state index contributed by atoms with van der Waals surface area (Å²) in [5.74, 6) is 0. The minimum absolute atomic E-state index is 0. The average Bonchev–Trinajstić information content (AvgIpc) is 2.59. The van der Waals surface area contributed by atoms with Crippen LogP contribution in [0.3, 0.4) is 0 Å². The predicted molar refractivity (Wildman–Crippen MR) is 58.0 cm³/mol. The fourth-order valence-corrected chi connectivity index (χ4v) is 1.78. The standard InChI is InChI=1S/C10H11BF3N2.K/c1-3-9-10-4-8(11(12,13)14)6-16(10)5-7(2)15-9;/h4-6H,3H2,1-2H3;/q-1;+1. The maximum absolute atomic E-state index is 12.6.